The Labute approximate surface area is 185 Å². The number of nitrogens with one attached hydrogen (secondary N) is 2. The Morgan fingerprint density at radius 3 is 2.03 bits per heavy atom. The normalized spacial score (nSPS) is 12.0. The van der Waals surface area contributed by atoms with Gasteiger partial charge in [-0.1, -0.05) is 42.1 Å². The third kappa shape index (κ3) is 5.07. The number of rotatable bonds is 7. The number of anilines is 4. The van der Waals surface area contributed by atoms with E-state index in [0.29, 0.717) is 24.3 Å². The number of hydrogen-bond acceptors (Lipinski definition) is 5. The number of methoxy groups -OCH3 is 1. The van der Waals surface area contributed by atoms with Gasteiger partial charge in [-0.15, -0.1) is 0 Å². The van der Waals surface area contributed by atoms with Crippen LogP contribution in [0.15, 0.2) is 82.6 Å². The molecule has 1 heterocycles. The summed E-state index contributed by atoms with van der Waals surface area (Å²) in [4.78, 5) is 28.9. The van der Waals surface area contributed by atoms with E-state index in [1.165, 1.54) is 16.9 Å². The van der Waals surface area contributed by atoms with Crippen molar-refractivity contribution in [2.24, 2.45) is 0 Å². The first kappa shape index (κ1) is 21.0. The molecule has 3 aromatic rings. The fourth-order valence-electron chi connectivity index (χ4n) is 3.46. The van der Waals surface area contributed by atoms with Crippen molar-refractivity contribution in [1.29, 1.82) is 0 Å². The summed E-state index contributed by atoms with van der Waals surface area (Å²) in [5.74, 6) is -0.333. The molecule has 0 fully saturated rings. The summed E-state index contributed by atoms with van der Waals surface area (Å²) in [6.45, 7) is 0.540. The minimum atomic E-state index is -0.244. The monoisotopic (exact) mass is 433 g/mol. The first-order chi connectivity index (χ1) is 15.1. The summed E-state index contributed by atoms with van der Waals surface area (Å²) < 4.78 is 4.82. The van der Waals surface area contributed by atoms with Gasteiger partial charge in [0.25, 0.3) is 0 Å². The Hall–Kier alpha value is -3.29. The van der Waals surface area contributed by atoms with Crippen molar-refractivity contribution < 1.29 is 14.3 Å². The van der Waals surface area contributed by atoms with E-state index in [1.54, 1.807) is 36.0 Å². The summed E-state index contributed by atoms with van der Waals surface area (Å²) in [7, 11) is 1.47. The maximum atomic E-state index is 12.7. The molecular formula is C24H23N3O3S. The first-order valence-electron chi connectivity index (χ1n) is 9.96. The highest BCUT2D eigenvalue weighted by atomic mass is 32.2. The van der Waals surface area contributed by atoms with Crippen LogP contribution in [0.2, 0.25) is 0 Å². The van der Waals surface area contributed by atoms with Crippen LogP contribution in [0.3, 0.4) is 0 Å². The minimum Gasteiger partial charge on any atom is -0.375 e. The largest absolute Gasteiger partial charge is 0.375 e. The summed E-state index contributed by atoms with van der Waals surface area (Å²) in [5.41, 5.74) is 3.47. The quantitative estimate of drug-likeness (QED) is 0.554. The van der Waals surface area contributed by atoms with E-state index < -0.39 is 0 Å². The lowest BCUT2D eigenvalue weighted by atomic mass is 10.2. The molecule has 2 N–H and O–H groups in total. The zero-order valence-corrected chi connectivity index (χ0v) is 17.9. The van der Waals surface area contributed by atoms with Crippen molar-refractivity contribution >= 4 is 46.3 Å². The molecule has 6 nitrogen and oxygen atoms in total. The van der Waals surface area contributed by atoms with Gasteiger partial charge in [-0.05, 0) is 42.5 Å². The fraction of sp³-hybridized carbons (Fsp3) is 0.167. The van der Waals surface area contributed by atoms with Crippen LogP contribution >= 0.6 is 11.8 Å². The Kier molecular flexibility index (Phi) is 6.54. The Morgan fingerprint density at radius 2 is 1.42 bits per heavy atom. The predicted molar refractivity (Wildman–Crippen MR) is 124 cm³/mol. The van der Waals surface area contributed by atoms with Crippen molar-refractivity contribution in [2.45, 2.75) is 16.2 Å². The molecule has 0 aliphatic carbocycles. The van der Waals surface area contributed by atoms with Crippen LogP contribution in [-0.2, 0) is 14.3 Å². The summed E-state index contributed by atoms with van der Waals surface area (Å²) in [5, 5.41) is 5.66. The van der Waals surface area contributed by atoms with Gasteiger partial charge in [-0.25, -0.2) is 0 Å². The zero-order chi connectivity index (χ0) is 21.6. The number of carbonyl (C=O) groups excluding carboxylic acids is 2. The molecule has 158 valence electrons. The molecule has 1 aliphatic heterocycles. The van der Waals surface area contributed by atoms with Gasteiger partial charge < -0.3 is 20.3 Å². The van der Waals surface area contributed by atoms with Crippen LogP contribution in [0.4, 0.5) is 22.7 Å². The number of amides is 2. The smallest absolute Gasteiger partial charge is 0.250 e. The highest BCUT2D eigenvalue weighted by Gasteiger charge is 2.23. The van der Waals surface area contributed by atoms with Crippen LogP contribution in [-0.4, -0.2) is 32.1 Å². The highest BCUT2D eigenvalue weighted by molar-refractivity contribution is 7.99. The lowest BCUT2D eigenvalue weighted by Crippen LogP contribution is -2.26. The average Bonchev–Trinajstić information content (AvgIpc) is 2.77. The number of hydrogen-bond donors (Lipinski definition) is 2. The van der Waals surface area contributed by atoms with E-state index in [4.69, 9.17) is 4.74 Å². The van der Waals surface area contributed by atoms with Gasteiger partial charge in [-0.3, -0.25) is 9.59 Å². The van der Waals surface area contributed by atoms with E-state index in [0.717, 1.165) is 11.4 Å². The van der Waals surface area contributed by atoms with Crippen molar-refractivity contribution in [2.75, 3.05) is 35.8 Å². The van der Waals surface area contributed by atoms with Crippen molar-refractivity contribution in [3.63, 3.8) is 0 Å². The van der Waals surface area contributed by atoms with E-state index >= 15 is 0 Å². The molecule has 0 saturated heterocycles. The minimum absolute atomic E-state index is 0.0202. The summed E-state index contributed by atoms with van der Waals surface area (Å²) in [6.07, 6.45) is 0.327. The molecule has 7 heteroatoms. The van der Waals surface area contributed by atoms with E-state index in [-0.39, 0.29) is 18.4 Å². The van der Waals surface area contributed by atoms with Gasteiger partial charge in [0.1, 0.15) is 6.61 Å². The molecule has 0 spiro atoms. The lowest BCUT2D eigenvalue weighted by molar-refractivity contribution is -0.119. The Bertz CT molecular complexity index is 1060. The Balaban J connectivity index is 1.43. The molecule has 0 atom stereocenters. The molecule has 0 aromatic heterocycles. The van der Waals surface area contributed by atoms with Gasteiger partial charge in [0, 0.05) is 41.2 Å². The molecule has 0 radical (unpaired) electrons. The number of nitrogens with zero attached hydrogens (tertiary/aromatic N) is 1. The number of benzene rings is 3. The molecule has 0 bridgehead atoms. The SMILES string of the molecule is COCC(=O)Nc1cccc(NC(=O)CCN2c3ccccc3Sc3ccccc32)c1. The molecule has 4 rings (SSSR count). The highest BCUT2D eigenvalue weighted by Crippen LogP contribution is 2.47. The van der Waals surface area contributed by atoms with E-state index in [2.05, 4.69) is 39.8 Å². The third-order valence-corrected chi connectivity index (χ3v) is 5.93. The van der Waals surface area contributed by atoms with Gasteiger partial charge in [0.05, 0.1) is 11.4 Å². The third-order valence-electron chi connectivity index (χ3n) is 4.80. The van der Waals surface area contributed by atoms with Crippen molar-refractivity contribution in [3.05, 3.63) is 72.8 Å². The molecule has 2 amide bonds. The Morgan fingerprint density at radius 1 is 0.839 bits per heavy atom. The van der Waals surface area contributed by atoms with Crippen LogP contribution in [0.5, 0.6) is 0 Å². The molecule has 31 heavy (non-hydrogen) atoms. The van der Waals surface area contributed by atoms with Crippen LogP contribution < -0.4 is 15.5 Å². The topological polar surface area (TPSA) is 70.7 Å². The standard InChI is InChI=1S/C24H23N3O3S/c1-30-16-24(29)26-18-8-6-7-17(15-18)25-23(28)13-14-27-19-9-2-4-11-21(19)31-22-12-5-3-10-20(22)27/h2-12,15H,13-14,16H2,1H3,(H,25,28)(H,26,29). The zero-order valence-electron chi connectivity index (χ0n) is 17.1. The van der Waals surface area contributed by atoms with Gasteiger partial charge in [0.2, 0.25) is 11.8 Å². The molecule has 0 saturated carbocycles. The van der Waals surface area contributed by atoms with Gasteiger partial charge in [-0.2, -0.15) is 0 Å². The molecule has 0 unspecified atom stereocenters. The van der Waals surface area contributed by atoms with Crippen LogP contribution in [0.1, 0.15) is 6.42 Å². The predicted octanol–water partition coefficient (Wildman–Crippen LogP) is 4.90. The summed E-state index contributed by atoms with van der Waals surface area (Å²) in [6, 6.07) is 23.6. The average molecular weight is 434 g/mol. The number of carbonyl (C=O) groups is 2. The second-order valence-corrected chi connectivity index (χ2v) is 8.13. The maximum Gasteiger partial charge on any atom is 0.250 e. The fourth-order valence-corrected chi connectivity index (χ4v) is 4.56. The second kappa shape index (κ2) is 9.68. The van der Waals surface area contributed by atoms with Gasteiger partial charge >= 0.3 is 0 Å². The first-order valence-corrected chi connectivity index (χ1v) is 10.8. The molecular weight excluding hydrogens is 410 g/mol. The van der Waals surface area contributed by atoms with Gasteiger partial charge in [0.15, 0.2) is 0 Å². The molecule has 3 aromatic carbocycles. The van der Waals surface area contributed by atoms with Crippen molar-refractivity contribution in [1.82, 2.24) is 0 Å². The van der Waals surface area contributed by atoms with E-state index in [9.17, 15) is 9.59 Å². The molecule has 1 aliphatic rings. The van der Waals surface area contributed by atoms with Crippen molar-refractivity contribution in [3.8, 4) is 0 Å². The second-order valence-electron chi connectivity index (χ2n) is 7.05. The van der Waals surface area contributed by atoms with Crippen LogP contribution in [0, 0.1) is 0 Å². The van der Waals surface area contributed by atoms with E-state index in [1.807, 2.05) is 24.3 Å². The number of para-hydroxylation sites is 2. The van der Waals surface area contributed by atoms with Crippen LogP contribution in [0.25, 0.3) is 0 Å². The number of ether oxygens (including phenoxy) is 1. The summed E-state index contributed by atoms with van der Waals surface area (Å²) >= 11 is 1.75. The number of fused-ring (bicyclic) bond motifs is 2. The maximum absolute atomic E-state index is 12.7. The lowest BCUT2D eigenvalue weighted by Gasteiger charge is -2.32.